The normalized spacial score (nSPS) is 15.1. The molecule has 0 atom stereocenters. The van der Waals surface area contributed by atoms with Gasteiger partial charge in [-0.05, 0) is 56.7 Å². The van der Waals surface area contributed by atoms with Gasteiger partial charge in [0.05, 0.1) is 0 Å². The second kappa shape index (κ2) is 8.15. The monoisotopic (exact) mass is 379 g/mol. The van der Waals surface area contributed by atoms with Crippen molar-refractivity contribution in [1.29, 1.82) is 0 Å². The molecule has 0 amide bonds. The minimum Gasteiger partial charge on any atom is -0.474 e. The number of hydrogen-bond donors (Lipinski definition) is 0. The highest BCUT2D eigenvalue weighted by atomic mass is 19.4. The fraction of sp³-hybridized carbons (Fsp3) is 0.500. The van der Waals surface area contributed by atoms with Crippen LogP contribution in [0.3, 0.4) is 0 Å². The van der Waals surface area contributed by atoms with Crippen LogP contribution in [0.2, 0.25) is 0 Å². The van der Waals surface area contributed by atoms with Crippen molar-refractivity contribution in [3.8, 4) is 5.88 Å². The summed E-state index contributed by atoms with van der Waals surface area (Å²) < 4.78 is 45.8. The maximum absolute atomic E-state index is 13.4. The van der Waals surface area contributed by atoms with Gasteiger partial charge in [-0.15, -0.1) is 0 Å². The van der Waals surface area contributed by atoms with Crippen LogP contribution in [0.4, 0.5) is 24.8 Å². The summed E-state index contributed by atoms with van der Waals surface area (Å²) in [6, 6.07) is 7.85. The van der Waals surface area contributed by atoms with E-state index in [1.165, 1.54) is 0 Å². The third-order valence-corrected chi connectivity index (χ3v) is 4.82. The molecule has 1 heterocycles. The zero-order valence-corrected chi connectivity index (χ0v) is 15.6. The first-order valence-corrected chi connectivity index (χ1v) is 9.39. The number of ether oxygens (including phenoxy) is 1. The second-order valence-corrected chi connectivity index (χ2v) is 6.68. The first-order valence-electron chi connectivity index (χ1n) is 9.39. The Balaban J connectivity index is 1.98. The molecule has 0 saturated heterocycles. The zero-order chi connectivity index (χ0) is 19.4. The molecule has 0 aliphatic heterocycles. The summed E-state index contributed by atoms with van der Waals surface area (Å²) in [4.78, 5) is 9.97. The lowest BCUT2D eigenvalue weighted by atomic mass is 10.1. The molecule has 7 heteroatoms. The summed E-state index contributed by atoms with van der Waals surface area (Å²) >= 11 is 0. The number of anilines is 2. The number of aromatic nitrogens is 2. The van der Waals surface area contributed by atoms with Gasteiger partial charge in [0.2, 0.25) is 11.8 Å². The van der Waals surface area contributed by atoms with E-state index in [4.69, 9.17) is 4.74 Å². The molecule has 146 valence electrons. The van der Waals surface area contributed by atoms with Crippen molar-refractivity contribution in [1.82, 2.24) is 9.97 Å². The molecule has 1 aromatic heterocycles. The Kier molecular flexibility index (Phi) is 5.87. The highest BCUT2D eigenvalue weighted by Gasteiger charge is 2.37. The molecule has 1 saturated carbocycles. The number of aryl methyl sites for hydroxylation is 1. The van der Waals surface area contributed by atoms with Crippen molar-refractivity contribution < 1.29 is 17.9 Å². The van der Waals surface area contributed by atoms with Crippen LogP contribution in [0.5, 0.6) is 5.88 Å². The van der Waals surface area contributed by atoms with Gasteiger partial charge in [-0.3, -0.25) is 0 Å². The Labute approximate surface area is 157 Å². The summed E-state index contributed by atoms with van der Waals surface area (Å²) in [6.45, 7) is 4.50. The van der Waals surface area contributed by atoms with Crippen molar-refractivity contribution in [2.24, 2.45) is 0 Å². The van der Waals surface area contributed by atoms with Crippen molar-refractivity contribution in [3.05, 3.63) is 41.6 Å². The highest BCUT2D eigenvalue weighted by molar-refractivity contribution is 5.58. The Hall–Kier alpha value is -2.31. The van der Waals surface area contributed by atoms with Gasteiger partial charge in [-0.1, -0.05) is 19.1 Å². The molecule has 0 spiro atoms. The molecular weight excluding hydrogens is 355 g/mol. The fourth-order valence-electron chi connectivity index (χ4n) is 3.32. The van der Waals surface area contributed by atoms with Crippen molar-refractivity contribution >= 4 is 11.6 Å². The highest BCUT2D eigenvalue weighted by Crippen LogP contribution is 2.37. The maximum atomic E-state index is 13.4. The molecule has 3 rings (SSSR count). The number of hydrogen-bond acceptors (Lipinski definition) is 4. The molecule has 0 unspecified atom stereocenters. The van der Waals surface area contributed by atoms with E-state index in [0.717, 1.165) is 49.6 Å². The van der Waals surface area contributed by atoms with E-state index >= 15 is 0 Å². The first kappa shape index (κ1) is 19.5. The third kappa shape index (κ3) is 4.51. The third-order valence-electron chi connectivity index (χ3n) is 4.82. The van der Waals surface area contributed by atoms with E-state index in [2.05, 4.69) is 16.9 Å². The van der Waals surface area contributed by atoms with Crippen LogP contribution in [0, 0.1) is 0 Å². The van der Waals surface area contributed by atoms with Gasteiger partial charge in [0.1, 0.15) is 11.7 Å². The largest absolute Gasteiger partial charge is 0.474 e. The van der Waals surface area contributed by atoms with Crippen molar-refractivity contribution in [3.63, 3.8) is 0 Å². The number of halogens is 3. The van der Waals surface area contributed by atoms with Gasteiger partial charge >= 0.3 is 6.18 Å². The van der Waals surface area contributed by atoms with Crippen LogP contribution in [0.25, 0.3) is 0 Å². The molecule has 2 aromatic rings. The SMILES string of the molecule is CCc1cccc(N(CC)c2ncc(C(F)(F)F)c(OC3CCCC3)n2)c1. The molecule has 1 aromatic carbocycles. The van der Waals surface area contributed by atoms with Crippen molar-refractivity contribution in [2.45, 2.75) is 58.2 Å². The van der Waals surface area contributed by atoms with E-state index in [0.29, 0.717) is 6.54 Å². The summed E-state index contributed by atoms with van der Waals surface area (Å²) in [6.07, 6.45) is 0.385. The molecule has 0 bridgehead atoms. The lowest BCUT2D eigenvalue weighted by Gasteiger charge is -2.23. The first-order chi connectivity index (χ1) is 12.9. The minimum absolute atomic E-state index is 0.215. The average Bonchev–Trinajstić information content (AvgIpc) is 3.15. The van der Waals surface area contributed by atoms with E-state index in [9.17, 15) is 13.2 Å². The number of nitrogens with zero attached hydrogens (tertiary/aromatic N) is 3. The predicted molar refractivity (Wildman–Crippen MR) is 98.4 cm³/mol. The summed E-state index contributed by atoms with van der Waals surface area (Å²) in [5.41, 5.74) is 1.07. The van der Waals surface area contributed by atoms with Gasteiger partial charge in [0, 0.05) is 18.4 Å². The quantitative estimate of drug-likeness (QED) is 0.661. The molecule has 1 aliphatic rings. The van der Waals surface area contributed by atoms with E-state index in [-0.39, 0.29) is 17.9 Å². The lowest BCUT2D eigenvalue weighted by molar-refractivity contribution is -0.139. The molecule has 1 aliphatic carbocycles. The van der Waals surface area contributed by atoms with Crippen LogP contribution < -0.4 is 9.64 Å². The fourth-order valence-corrected chi connectivity index (χ4v) is 3.32. The molecule has 0 radical (unpaired) electrons. The Bertz CT molecular complexity index is 773. The number of benzene rings is 1. The molecule has 27 heavy (non-hydrogen) atoms. The van der Waals surface area contributed by atoms with Gasteiger partial charge in [-0.2, -0.15) is 18.2 Å². The Morgan fingerprint density at radius 3 is 2.56 bits per heavy atom. The Morgan fingerprint density at radius 1 is 1.19 bits per heavy atom. The van der Waals surface area contributed by atoms with Gasteiger partial charge < -0.3 is 9.64 Å². The van der Waals surface area contributed by atoms with E-state index < -0.39 is 11.7 Å². The standard InChI is InChI=1S/C20H24F3N3O/c1-3-14-8-7-9-15(12-14)26(4-2)19-24-13-17(20(21,22)23)18(25-19)27-16-10-5-6-11-16/h7-9,12-13,16H,3-6,10-11H2,1-2H3. The van der Waals surface area contributed by atoms with E-state index in [1.54, 1.807) is 4.90 Å². The molecule has 0 N–H and O–H groups in total. The van der Waals surface area contributed by atoms with E-state index in [1.807, 2.05) is 31.2 Å². The minimum atomic E-state index is -4.55. The van der Waals surface area contributed by atoms with Gasteiger partial charge in [-0.25, -0.2) is 4.98 Å². The lowest BCUT2D eigenvalue weighted by Crippen LogP contribution is -2.22. The molecule has 4 nitrogen and oxygen atoms in total. The van der Waals surface area contributed by atoms with Crippen LogP contribution in [-0.4, -0.2) is 22.6 Å². The summed E-state index contributed by atoms with van der Waals surface area (Å²) in [5, 5.41) is 0. The topological polar surface area (TPSA) is 38.2 Å². The second-order valence-electron chi connectivity index (χ2n) is 6.68. The molecule has 1 fully saturated rings. The van der Waals surface area contributed by atoms with Gasteiger partial charge in [0.15, 0.2) is 0 Å². The Morgan fingerprint density at radius 2 is 1.93 bits per heavy atom. The van der Waals surface area contributed by atoms with Crippen LogP contribution in [-0.2, 0) is 12.6 Å². The number of alkyl halides is 3. The van der Waals surface area contributed by atoms with Crippen LogP contribution in [0.1, 0.15) is 50.7 Å². The molecular formula is C20H24F3N3O. The van der Waals surface area contributed by atoms with Gasteiger partial charge in [0.25, 0.3) is 0 Å². The average molecular weight is 379 g/mol. The summed E-state index contributed by atoms with van der Waals surface area (Å²) in [5.74, 6) is -0.156. The number of rotatable bonds is 6. The summed E-state index contributed by atoms with van der Waals surface area (Å²) in [7, 11) is 0. The smallest absolute Gasteiger partial charge is 0.423 e. The zero-order valence-electron chi connectivity index (χ0n) is 15.6. The van der Waals surface area contributed by atoms with Crippen molar-refractivity contribution in [2.75, 3.05) is 11.4 Å². The maximum Gasteiger partial charge on any atom is 0.423 e. The van der Waals surface area contributed by atoms with Crippen LogP contribution in [0.15, 0.2) is 30.5 Å². The van der Waals surface area contributed by atoms with Crippen LogP contribution >= 0.6 is 0 Å². The predicted octanol–water partition coefficient (Wildman–Crippen LogP) is 5.54.